The summed E-state index contributed by atoms with van der Waals surface area (Å²) >= 11 is 0. The highest BCUT2D eigenvalue weighted by Gasteiger charge is 2.14. The van der Waals surface area contributed by atoms with E-state index in [1.54, 1.807) is 11.9 Å². The predicted octanol–water partition coefficient (Wildman–Crippen LogP) is 2.16. The maximum atomic E-state index is 13.7. The summed E-state index contributed by atoms with van der Waals surface area (Å²) in [5, 5.41) is 2.79. The third-order valence-electron chi connectivity index (χ3n) is 2.91. The smallest absolute Gasteiger partial charge is 0.239 e. The summed E-state index contributed by atoms with van der Waals surface area (Å²) in [6.07, 6.45) is 1.66. The van der Waals surface area contributed by atoms with Crippen molar-refractivity contribution in [2.75, 3.05) is 37.4 Å². The minimum absolute atomic E-state index is 0.0981. The number of benzene rings is 1. The van der Waals surface area contributed by atoms with Crippen LogP contribution in [0.15, 0.2) is 12.1 Å². The number of nitrogens with one attached hydrogen (secondary N) is 1. The average Bonchev–Trinajstić information content (AvgIpc) is 2.44. The Labute approximate surface area is 125 Å². The molecule has 6 heteroatoms. The maximum absolute atomic E-state index is 13.7. The summed E-state index contributed by atoms with van der Waals surface area (Å²) in [6, 6.07) is 2.76. The summed E-state index contributed by atoms with van der Waals surface area (Å²) < 4.78 is 19.1. The van der Waals surface area contributed by atoms with Crippen LogP contribution in [0.3, 0.4) is 0 Å². The summed E-state index contributed by atoms with van der Waals surface area (Å²) in [4.78, 5) is 13.4. The number of hydrogen-bond acceptors (Lipinski definition) is 4. The molecule has 1 aromatic rings. The molecule has 0 heterocycles. The highest BCUT2D eigenvalue weighted by atomic mass is 19.1. The Balaban J connectivity index is 2.82. The van der Waals surface area contributed by atoms with E-state index in [1.165, 1.54) is 12.1 Å². The van der Waals surface area contributed by atoms with Crippen molar-refractivity contribution < 1.29 is 13.9 Å². The van der Waals surface area contributed by atoms with Crippen LogP contribution in [-0.2, 0) is 4.79 Å². The van der Waals surface area contributed by atoms with Gasteiger partial charge in [0.25, 0.3) is 0 Å². The molecule has 0 spiro atoms. The van der Waals surface area contributed by atoms with Gasteiger partial charge in [0, 0.05) is 25.7 Å². The highest BCUT2D eigenvalue weighted by Crippen LogP contribution is 2.30. The van der Waals surface area contributed by atoms with Gasteiger partial charge in [-0.05, 0) is 12.8 Å². The normalized spacial score (nSPS) is 10.3. The number of rotatable bonds is 8. The van der Waals surface area contributed by atoms with Gasteiger partial charge in [0.05, 0.1) is 24.5 Å². The minimum atomic E-state index is -0.492. The van der Waals surface area contributed by atoms with E-state index in [0.717, 1.165) is 12.8 Å². The van der Waals surface area contributed by atoms with E-state index >= 15 is 0 Å². The molecule has 0 bridgehead atoms. The molecule has 0 atom stereocenters. The second kappa shape index (κ2) is 8.34. The lowest BCUT2D eigenvalue weighted by atomic mass is 10.2. The van der Waals surface area contributed by atoms with E-state index in [4.69, 9.17) is 10.5 Å². The molecule has 0 radical (unpaired) electrons. The lowest BCUT2D eigenvalue weighted by Gasteiger charge is -2.21. The van der Waals surface area contributed by atoms with Crippen LogP contribution >= 0.6 is 0 Å². The van der Waals surface area contributed by atoms with Crippen molar-refractivity contribution in [1.29, 1.82) is 0 Å². The van der Waals surface area contributed by atoms with Gasteiger partial charge in [-0.15, -0.1) is 0 Å². The molecule has 0 fully saturated rings. The lowest BCUT2D eigenvalue weighted by molar-refractivity contribution is -0.119. The fraction of sp³-hybridized carbons (Fsp3) is 0.533. The van der Waals surface area contributed by atoms with E-state index in [1.807, 2.05) is 13.8 Å². The molecule has 1 rings (SSSR count). The van der Waals surface area contributed by atoms with E-state index < -0.39 is 5.82 Å². The molecule has 0 aromatic heterocycles. The van der Waals surface area contributed by atoms with Gasteiger partial charge in [-0.3, -0.25) is 4.79 Å². The first-order chi connectivity index (χ1) is 9.99. The zero-order valence-electron chi connectivity index (χ0n) is 12.9. The number of nitrogens with two attached hydrogens (primary N) is 1. The van der Waals surface area contributed by atoms with Gasteiger partial charge in [-0.1, -0.05) is 13.8 Å². The Morgan fingerprint density at radius 2 is 2.10 bits per heavy atom. The van der Waals surface area contributed by atoms with Crippen molar-refractivity contribution in [3.8, 4) is 5.75 Å². The molecule has 0 aliphatic carbocycles. The quantitative estimate of drug-likeness (QED) is 0.722. The second-order valence-electron chi connectivity index (χ2n) is 4.90. The molecule has 0 saturated heterocycles. The van der Waals surface area contributed by atoms with Crippen molar-refractivity contribution in [3.63, 3.8) is 0 Å². The number of hydrogen-bond donors (Lipinski definition) is 2. The Hall–Kier alpha value is -1.98. The standard InChI is InChI=1S/C15H24FN3O2/c1-4-6-18-15(20)10-19(3)13-9-14(21-7-5-2)11(16)8-12(13)17/h8-9H,4-7,10,17H2,1-3H3,(H,18,20). The number of anilines is 2. The Morgan fingerprint density at radius 1 is 1.38 bits per heavy atom. The van der Waals surface area contributed by atoms with Crippen LogP contribution in [0.4, 0.5) is 15.8 Å². The van der Waals surface area contributed by atoms with Gasteiger partial charge >= 0.3 is 0 Å². The van der Waals surface area contributed by atoms with Crippen LogP contribution in [-0.4, -0.2) is 32.7 Å². The Kier molecular flexibility index (Phi) is 6.78. The van der Waals surface area contributed by atoms with Gasteiger partial charge in [0.15, 0.2) is 11.6 Å². The summed E-state index contributed by atoms with van der Waals surface area (Å²) in [5.74, 6) is -0.436. The van der Waals surface area contributed by atoms with E-state index in [2.05, 4.69) is 5.32 Å². The molecule has 0 aliphatic rings. The Bertz CT molecular complexity index is 480. The molecular weight excluding hydrogens is 273 g/mol. The van der Waals surface area contributed by atoms with Crippen molar-refractivity contribution in [1.82, 2.24) is 5.32 Å². The molecule has 1 amide bonds. The molecule has 0 aliphatic heterocycles. The van der Waals surface area contributed by atoms with Crippen LogP contribution in [0.2, 0.25) is 0 Å². The maximum Gasteiger partial charge on any atom is 0.239 e. The highest BCUT2D eigenvalue weighted by molar-refractivity contribution is 5.83. The number of amides is 1. The third-order valence-corrected chi connectivity index (χ3v) is 2.91. The van der Waals surface area contributed by atoms with Gasteiger partial charge < -0.3 is 20.7 Å². The third kappa shape index (κ3) is 5.13. The fourth-order valence-electron chi connectivity index (χ4n) is 1.83. The summed E-state index contributed by atoms with van der Waals surface area (Å²) in [7, 11) is 1.73. The van der Waals surface area contributed by atoms with Crippen molar-refractivity contribution in [2.45, 2.75) is 26.7 Å². The van der Waals surface area contributed by atoms with Crippen LogP contribution in [0, 0.1) is 5.82 Å². The van der Waals surface area contributed by atoms with Crippen molar-refractivity contribution in [3.05, 3.63) is 17.9 Å². The number of nitrogen functional groups attached to an aromatic ring is 1. The first-order valence-corrected chi connectivity index (χ1v) is 7.19. The summed E-state index contributed by atoms with van der Waals surface area (Å²) in [6.45, 7) is 5.15. The van der Waals surface area contributed by atoms with Crippen LogP contribution in [0.5, 0.6) is 5.75 Å². The molecule has 3 N–H and O–H groups in total. The van der Waals surface area contributed by atoms with Crippen molar-refractivity contribution in [2.24, 2.45) is 0 Å². The van der Waals surface area contributed by atoms with E-state index in [0.29, 0.717) is 18.8 Å². The molecule has 1 aromatic carbocycles. The van der Waals surface area contributed by atoms with Crippen molar-refractivity contribution >= 4 is 17.3 Å². The number of likely N-dealkylation sites (N-methyl/N-ethyl adjacent to an activating group) is 1. The average molecular weight is 297 g/mol. The van der Waals surface area contributed by atoms with Gasteiger partial charge in [-0.25, -0.2) is 4.39 Å². The minimum Gasteiger partial charge on any atom is -0.490 e. The number of carbonyl (C=O) groups excluding carboxylic acids is 1. The largest absolute Gasteiger partial charge is 0.490 e. The SMILES string of the molecule is CCCNC(=O)CN(C)c1cc(OCCC)c(F)cc1N. The summed E-state index contributed by atoms with van der Waals surface area (Å²) in [5.41, 5.74) is 6.68. The molecule has 118 valence electrons. The van der Waals surface area contributed by atoms with Gasteiger partial charge in [0.2, 0.25) is 5.91 Å². The second-order valence-corrected chi connectivity index (χ2v) is 4.90. The Morgan fingerprint density at radius 3 is 2.71 bits per heavy atom. The van der Waals surface area contributed by atoms with E-state index in [-0.39, 0.29) is 23.9 Å². The molecule has 5 nitrogen and oxygen atoms in total. The van der Waals surface area contributed by atoms with Gasteiger partial charge in [0.1, 0.15) is 0 Å². The predicted molar refractivity (Wildman–Crippen MR) is 83.2 cm³/mol. The van der Waals surface area contributed by atoms with Crippen LogP contribution in [0.25, 0.3) is 0 Å². The topological polar surface area (TPSA) is 67.6 Å². The molecule has 21 heavy (non-hydrogen) atoms. The monoisotopic (exact) mass is 297 g/mol. The van der Waals surface area contributed by atoms with Crippen LogP contribution in [0.1, 0.15) is 26.7 Å². The first-order valence-electron chi connectivity index (χ1n) is 7.19. The fourth-order valence-corrected chi connectivity index (χ4v) is 1.83. The number of halogens is 1. The molecular formula is C15H24FN3O2. The lowest BCUT2D eigenvalue weighted by Crippen LogP contribution is -2.35. The zero-order chi connectivity index (χ0) is 15.8. The molecule has 0 unspecified atom stereocenters. The number of carbonyl (C=O) groups is 1. The zero-order valence-corrected chi connectivity index (χ0v) is 12.9. The molecule has 0 saturated carbocycles. The van der Waals surface area contributed by atoms with E-state index in [9.17, 15) is 9.18 Å². The number of nitrogens with zero attached hydrogens (tertiary/aromatic N) is 1. The van der Waals surface area contributed by atoms with Gasteiger partial charge in [-0.2, -0.15) is 0 Å². The number of ether oxygens (including phenoxy) is 1. The first kappa shape index (κ1) is 17.1. The van der Waals surface area contributed by atoms with Crippen LogP contribution < -0.4 is 20.7 Å².